The number of nitrogens with one attached hydrogen (secondary N) is 1. The number of aromatic nitrogens is 4. The second-order valence-corrected chi connectivity index (χ2v) is 6.62. The molecule has 2 aromatic rings. The molecule has 1 saturated carbocycles. The zero-order valence-electron chi connectivity index (χ0n) is 13.6. The maximum absolute atomic E-state index is 12.2. The molecule has 2 fully saturated rings. The highest BCUT2D eigenvalue weighted by atomic mass is 16.2. The number of amides is 1. The average molecular weight is 326 g/mol. The minimum absolute atomic E-state index is 0.0446. The van der Waals surface area contributed by atoms with Crippen molar-refractivity contribution < 1.29 is 4.79 Å². The normalized spacial score (nSPS) is 19.3. The fraction of sp³-hybridized carbons (Fsp3) is 0.529. The average Bonchev–Trinajstić information content (AvgIpc) is 3.36. The van der Waals surface area contributed by atoms with E-state index >= 15 is 0 Å². The molecule has 0 radical (unpaired) electrons. The van der Waals surface area contributed by atoms with Gasteiger partial charge < -0.3 is 10.2 Å². The summed E-state index contributed by atoms with van der Waals surface area (Å²) < 4.78 is 0. The van der Waals surface area contributed by atoms with Crippen LogP contribution in [0.4, 0.5) is 0 Å². The van der Waals surface area contributed by atoms with E-state index in [-0.39, 0.29) is 18.5 Å². The molecule has 1 aliphatic heterocycles. The molecular weight excluding hydrogens is 304 g/mol. The molecule has 1 aliphatic carbocycles. The number of hydrogen-bond donors (Lipinski definition) is 1. The number of carbonyl (C=O) groups is 1. The van der Waals surface area contributed by atoms with Gasteiger partial charge in [0.1, 0.15) is 6.54 Å². The molecule has 0 atom stereocenters. The molecule has 1 aromatic heterocycles. The third-order valence-corrected chi connectivity index (χ3v) is 4.73. The van der Waals surface area contributed by atoms with Crippen molar-refractivity contribution >= 4 is 5.91 Å². The van der Waals surface area contributed by atoms with Crippen molar-refractivity contribution in [3.63, 3.8) is 0 Å². The summed E-state index contributed by atoms with van der Waals surface area (Å²) in [6, 6.07) is 10.7. The summed E-state index contributed by atoms with van der Waals surface area (Å²) >= 11 is 0. The van der Waals surface area contributed by atoms with Crippen LogP contribution in [0, 0.1) is 0 Å². The van der Waals surface area contributed by atoms with Gasteiger partial charge in [-0.15, -0.1) is 10.2 Å². The van der Waals surface area contributed by atoms with Gasteiger partial charge in [0.05, 0.1) is 0 Å². The van der Waals surface area contributed by atoms with E-state index in [2.05, 4.69) is 25.6 Å². The Balaban J connectivity index is 1.28. The highest BCUT2D eigenvalue weighted by Gasteiger charge is 2.32. The Morgan fingerprint density at radius 3 is 2.58 bits per heavy atom. The van der Waals surface area contributed by atoms with Crippen molar-refractivity contribution in [2.45, 2.75) is 44.3 Å². The summed E-state index contributed by atoms with van der Waals surface area (Å²) in [7, 11) is 0. The number of rotatable bonds is 5. The second-order valence-electron chi connectivity index (χ2n) is 6.62. The van der Waals surface area contributed by atoms with Gasteiger partial charge in [-0.1, -0.05) is 30.3 Å². The number of tetrazole rings is 1. The molecule has 1 saturated heterocycles. The summed E-state index contributed by atoms with van der Waals surface area (Å²) in [5, 5.41) is 15.4. The van der Waals surface area contributed by atoms with E-state index in [1.54, 1.807) is 0 Å². The van der Waals surface area contributed by atoms with E-state index in [4.69, 9.17) is 0 Å². The number of nitrogens with zero attached hydrogens (tertiary/aromatic N) is 5. The van der Waals surface area contributed by atoms with Gasteiger partial charge in [0.25, 0.3) is 0 Å². The Hall–Kier alpha value is -2.28. The first-order chi connectivity index (χ1) is 11.8. The summed E-state index contributed by atoms with van der Waals surface area (Å²) in [5.41, 5.74) is 0.900. The Kier molecular flexibility index (Phi) is 4.25. The predicted molar refractivity (Wildman–Crippen MR) is 89.0 cm³/mol. The van der Waals surface area contributed by atoms with Crippen molar-refractivity contribution in [1.29, 1.82) is 0 Å². The molecule has 0 bridgehead atoms. The third kappa shape index (κ3) is 3.62. The fourth-order valence-electron chi connectivity index (χ4n) is 3.26. The first kappa shape index (κ1) is 15.3. The topological polar surface area (TPSA) is 75.9 Å². The minimum atomic E-state index is -0.0446. The quantitative estimate of drug-likeness (QED) is 0.890. The molecule has 2 aliphatic rings. The Morgan fingerprint density at radius 1 is 1.12 bits per heavy atom. The highest BCUT2D eigenvalue weighted by Crippen LogP contribution is 2.29. The predicted octanol–water partition coefficient (Wildman–Crippen LogP) is 1.08. The van der Waals surface area contributed by atoms with Gasteiger partial charge in [0.15, 0.2) is 0 Å². The van der Waals surface area contributed by atoms with Crippen molar-refractivity contribution in [3.05, 3.63) is 30.3 Å². The van der Waals surface area contributed by atoms with Gasteiger partial charge in [0.2, 0.25) is 11.7 Å². The molecule has 0 spiro atoms. The van der Waals surface area contributed by atoms with Crippen molar-refractivity contribution in [3.8, 4) is 11.4 Å². The van der Waals surface area contributed by atoms with E-state index in [9.17, 15) is 4.79 Å². The van der Waals surface area contributed by atoms with Crippen LogP contribution in [0.1, 0.15) is 25.7 Å². The van der Waals surface area contributed by atoms with E-state index in [1.165, 1.54) is 17.6 Å². The van der Waals surface area contributed by atoms with Gasteiger partial charge in [-0.05, 0) is 30.9 Å². The number of carbonyl (C=O) groups excluding carboxylic acids is 1. The van der Waals surface area contributed by atoms with Gasteiger partial charge in [0, 0.05) is 30.7 Å². The van der Waals surface area contributed by atoms with Crippen molar-refractivity contribution in [1.82, 2.24) is 30.4 Å². The zero-order valence-corrected chi connectivity index (χ0v) is 13.6. The monoisotopic (exact) mass is 326 g/mol. The first-order valence-corrected chi connectivity index (χ1v) is 8.64. The summed E-state index contributed by atoms with van der Waals surface area (Å²) in [6.07, 6.45) is 4.75. The Bertz CT molecular complexity index is 688. The summed E-state index contributed by atoms with van der Waals surface area (Å²) in [4.78, 5) is 16.1. The van der Waals surface area contributed by atoms with Crippen LogP contribution in [0.2, 0.25) is 0 Å². The molecule has 1 N–H and O–H groups in total. The highest BCUT2D eigenvalue weighted by molar-refractivity contribution is 5.75. The van der Waals surface area contributed by atoms with Crippen LogP contribution in [0.5, 0.6) is 0 Å². The molecule has 4 rings (SSSR count). The fourth-order valence-corrected chi connectivity index (χ4v) is 3.26. The Morgan fingerprint density at radius 2 is 1.88 bits per heavy atom. The smallest absolute Gasteiger partial charge is 0.243 e. The molecular formula is C17H22N6O. The first-order valence-electron chi connectivity index (χ1n) is 8.64. The van der Waals surface area contributed by atoms with E-state index in [0.717, 1.165) is 37.5 Å². The van der Waals surface area contributed by atoms with Crippen LogP contribution in [-0.4, -0.2) is 56.2 Å². The largest absolute Gasteiger partial charge is 0.352 e. The maximum Gasteiger partial charge on any atom is 0.243 e. The van der Waals surface area contributed by atoms with E-state index in [0.29, 0.717) is 5.82 Å². The number of hydrogen-bond acceptors (Lipinski definition) is 5. The van der Waals surface area contributed by atoms with Crippen LogP contribution >= 0.6 is 0 Å². The second kappa shape index (κ2) is 6.68. The molecule has 2 heterocycles. The van der Waals surface area contributed by atoms with Gasteiger partial charge in [-0.2, -0.15) is 4.80 Å². The van der Waals surface area contributed by atoms with Gasteiger partial charge in [-0.25, -0.2) is 0 Å². The lowest BCUT2D eigenvalue weighted by Crippen LogP contribution is -2.46. The number of likely N-dealkylation sites (tertiary alicyclic amines) is 1. The molecule has 0 unspecified atom stereocenters. The molecule has 126 valence electrons. The number of piperidine rings is 1. The molecule has 7 heteroatoms. The van der Waals surface area contributed by atoms with Crippen LogP contribution in [0.25, 0.3) is 11.4 Å². The third-order valence-electron chi connectivity index (χ3n) is 4.73. The van der Waals surface area contributed by atoms with E-state index in [1.807, 2.05) is 30.3 Å². The lowest BCUT2D eigenvalue weighted by molar-refractivity contribution is -0.123. The van der Waals surface area contributed by atoms with Crippen LogP contribution < -0.4 is 5.32 Å². The zero-order chi connectivity index (χ0) is 16.4. The summed E-state index contributed by atoms with van der Waals surface area (Å²) in [6.45, 7) is 2.30. The van der Waals surface area contributed by atoms with Crippen LogP contribution in [0.3, 0.4) is 0 Å². The SMILES string of the molecule is O=C(Cn1nnc(-c2ccccc2)n1)NC1CCN(C2CC2)CC1. The number of benzene rings is 1. The van der Waals surface area contributed by atoms with Gasteiger partial charge in [-0.3, -0.25) is 4.79 Å². The molecule has 7 nitrogen and oxygen atoms in total. The standard InChI is InChI=1S/C17H22N6O/c24-16(18-14-8-10-22(11-9-14)15-6-7-15)12-23-20-17(19-21-23)13-4-2-1-3-5-13/h1-5,14-15H,6-12H2,(H,18,24). The van der Waals surface area contributed by atoms with Gasteiger partial charge >= 0.3 is 0 Å². The lowest BCUT2D eigenvalue weighted by Gasteiger charge is -2.32. The molecule has 1 aromatic carbocycles. The molecule has 24 heavy (non-hydrogen) atoms. The van der Waals surface area contributed by atoms with Crippen LogP contribution in [0.15, 0.2) is 30.3 Å². The molecule has 1 amide bonds. The Labute approximate surface area is 141 Å². The lowest BCUT2D eigenvalue weighted by atomic mass is 10.0. The van der Waals surface area contributed by atoms with Crippen LogP contribution in [-0.2, 0) is 11.3 Å². The van der Waals surface area contributed by atoms with E-state index < -0.39 is 0 Å². The van der Waals surface area contributed by atoms with Crippen molar-refractivity contribution in [2.75, 3.05) is 13.1 Å². The maximum atomic E-state index is 12.2. The summed E-state index contributed by atoms with van der Waals surface area (Å²) in [5.74, 6) is 0.498. The van der Waals surface area contributed by atoms with Crippen molar-refractivity contribution in [2.24, 2.45) is 0 Å². The minimum Gasteiger partial charge on any atom is -0.352 e.